The predicted octanol–water partition coefficient (Wildman–Crippen LogP) is 0.714. The minimum atomic E-state index is 0.246. The summed E-state index contributed by atoms with van der Waals surface area (Å²) in [5, 5.41) is 9.34. The molecule has 0 bridgehead atoms. The first-order valence-corrected chi connectivity index (χ1v) is 6.10. The van der Waals surface area contributed by atoms with Crippen molar-refractivity contribution in [1.29, 1.82) is 0 Å². The first kappa shape index (κ1) is 12.3. The van der Waals surface area contributed by atoms with Gasteiger partial charge in [0.05, 0.1) is 6.61 Å². The number of nitrogens with one attached hydrogen (secondary N) is 1. The minimum absolute atomic E-state index is 0.246. The molecule has 2 heterocycles. The van der Waals surface area contributed by atoms with Crippen LogP contribution in [0.5, 0.6) is 0 Å². The molecular formula is C12H20N4O. The second-order valence-corrected chi connectivity index (χ2v) is 4.50. The Hall–Kier alpha value is -1.17. The molecule has 94 valence electrons. The summed E-state index contributed by atoms with van der Waals surface area (Å²) in [6.45, 7) is 2.15. The molecule has 1 aromatic heterocycles. The maximum atomic E-state index is 9.34. The van der Waals surface area contributed by atoms with E-state index in [9.17, 15) is 5.11 Å². The molecule has 1 fully saturated rings. The third kappa shape index (κ3) is 3.15. The van der Waals surface area contributed by atoms with Crippen LogP contribution < -0.4 is 11.3 Å². The third-order valence-electron chi connectivity index (χ3n) is 3.32. The monoisotopic (exact) mass is 236 g/mol. The van der Waals surface area contributed by atoms with E-state index in [2.05, 4.69) is 15.3 Å². The Balaban J connectivity index is 1.98. The van der Waals surface area contributed by atoms with E-state index in [0.717, 1.165) is 25.1 Å². The third-order valence-corrected chi connectivity index (χ3v) is 3.32. The topological polar surface area (TPSA) is 74.4 Å². The molecule has 0 spiro atoms. The molecule has 1 aliphatic heterocycles. The van der Waals surface area contributed by atoms with E-state index in [1.54, 1.807) is 0 Å². The highest BCUT2D eigenvalue weighted by molar-refractivity contribution is 5.33. The van der Waals surface area contributed by atoms with Crippen molar-refractivity contribution in [3.8, 4) is 0 Å². The van der Waals surface area contributed by atoms with Crippen LogP contribution in [0.25, 0.3) is 0 Å². The molecule has 0 amide bonds. The van der Waals surface area contributed by atoms with Gasteiger partial charge in [-0.25, -0.2) is 10.8 Å². The average molecular weight is 236 g/mol. The van der Waals surface area contributed by atoms with Gasteiger partial charge >= 0.3 is 0 Å². The van der Waals surface area contributed by atoms with Crippen molar-refractivity contribution >= 4 is 5.82 Å². The fourth-order valence-electron chi connectivity index (χ4n) is 2.31. The van der Waals surface area contributed by atoms with E-state index in [1.165, 1.54) is 12.8 Å². The number of anilines is 1. The molecule has 2 rings (SSSR count). The van der Waals surface area contributed by atoms with Crippen molar-refractivity contribution < 1.29 is 5.11 Å². The number of hydrazine groups is 1. The van der Waals surface area contributed by atoms with Crippen molar-refractivity contribution in [2.24, 2.45) is 5.84 Å². The van der Waals surface area contributed by atoms with Gasteiger partial charge in [0.2, 0.25) is 0 Å². The van der Waals surface area contributed by atoms with E-state index in [-0.39, 0.29) is 6.61 Å². The summed E-state index contributed by atoms with van der Waals surface area (Å²) in [6.07, 6.45) is 5.35. The Labute approximate surface area is 102 Å². The quantitative estimate of drug-likeness (QED) is 0.530. The van der Waals surface area contributed by atoms with Gasteiger partial charge in [-0.1, -0.05) is 12.5 Å². The molecule has 0 saturated carbocycles. The molecule has 1 aliphatic rings. The zero-order chi connectivity index (χ0) is 12.1. The van der Waals surface area contributed by atoms with Crippen LogP contribution in [0.4, 0.5) is 5.82 Å². The van der Waals surface area contributed by atoms with Crippen LogP contribution in [0, 0.1) is 0 Å². The van der Waals surface area contributed by atoms with Crippen LogP contribution in [-0.2, 0) is 6.54 Å². The van der Waals surface area contributed by atoms with Crippen molar-refractivity contribution in [1.82, 2.24) is 9.88 Å². The summed E-state index contributed by atoms with van der Waals surface area (Å²) in [4.78, 5) is 6.52. The molecule has 1 aromatic rings. The zero-order valence-electron chi connectivity index (χ0n) is 9.97. The fraction of sp³-hybridized carbons (Fsp3) is 0.583. The SMILES string of the molecule is NNc1ccc(CN2CCCCC2CO)cn1. The standard InChI is InChI=1S/C12H20N4O/c13-15-12-5-4-10(7-14-12)8-16-6-2-1-3-11(16)9-17/h4-5,7,11,17H,1-3,6,8-9,13H2,(H,14,15). The van der Waals surface area contributed by atoms with E-state index >= 15 is 0 Å². The second kappa shape index (κ2) is 5.95. The number of nitrogens with two attached hydrogens (primary N) is 1. The molecule has 1 saturated heterocycles. The Morgan fingerprint density at radius 2 is 2.35 bits per heavy atom. The van der Waals surface area contributed by atoms with E-state index in [4.69, 9.17) is 5.84 Å². The van der Waals surface area contributed by atoms with Crippen LogP contribution in [0.3, 0.4) is 0 Å². The molecule has 0 aromatic carbocycles. The number of nitrogens with zero attached hydrogens (tertiary/aromatic N) is 2. The number of rotatable bonds is 4. The average Bonchev–Trinajstić information content (AvgIpc) is 2.40. The molecule has 17 heavy (non-hydrogen) atoms. The molecule has 1 unspecified atom stereocenters. The van der Waals surface area contributed by atoms with E-state index < -0.39 is 0 Å². The van der Waals surface area contributed by atoms with Gasteiger partial charge in [0, 0.05) is 18.8 Å². The zero-order valence-corrected chi connectivity index (χ0v) is 9.97. The van der Waals surface area contributed by atoms with Gasteiger partial charge in [-0.3, -0.25) is 4.90 Å². The van der Waals surface area contributed by atoms with Crippen molar-refractivity contribution in [2.45, 2.75) is 31.8 Å². The predicted molar refractivity (Wildman–Crippen MR) is 67.2 cm³/mol. The summed E-state index contributed by atoms with van der Waals surface area (Å²) in [6, 6.07) is 4.19. The van der Waals surface area contributed by atoms with E-state index in [0.29, 0.717) is 11.9 Å². The first-order chi connectivity index (χ1) is 8.33. The molecule has 5 heteroatoms. The van der Waals surface area contributed by atoms with Crippen LogP contribution in [0.1, 0.15) is 24.8 Å². The molecule has 4 N–H and O–H groups in total. The lowest BCUT2D eigenvalue weighted by Gasteiger charge is -2.34. The maximum absolute atomic E-state index is 9.34. The van der Waals surface area contributed by atoms with Gasteiger partial charge in [0.25, 0.3) is 0 Å². The highest BCUT2D eigenvalue weighted by Crippen LogP contribution is 2.19. The smallest absolute Gasteiger partial charge is 0.139 e. The van der Waals surface area contributed by atoms with Gasteiger partial charge < -0.3 is 10.5 Å². The molecule has 1 atom stereocenters. The molecular weight excluding hydrogens is 216 g/mol. The van der Waals surface area contributed by atoms with Crippen molar-refractivity contribution in [2.75, 3.05) is 18.6 Å². The second-order valence-electron chi connectivity index (χ2n) is 4.50. The van der Waals surface area contributed by atoms with Crippen LogP contribution >= 0.6 is 0 Å². The minimum Gasteiger partial charge on any atom is -0.395 e. The van der Waals surface area contributed by atoms with E-state index in [1.807, 2.05) is 18.3 Å². The summed E-state index contributed by atoms with van der Waals surface area (Å²) >= 11 is 0. The van der Waals surface area contributed by atoms with Crippen molar-refractivity contribution in [3.05, 3.63) is 23.9 Å². The number of nitrogen functional groups attached to an aromatic ring is 1. The number of aliphatic hydroxyl groups is 1. The van der Waals surface area contributed by atoms with Gasteiger partial charge in [-0.2, -0.15) is 0 Å². The van der Waals surface area contributed by atoms with Gasteiger partial charge in [-0.15, -0.1) is 0 Å². The summed E-state index contributed by atoms with van der Waals surface area (Å²) in [5.74, 6) is 5.94. The van der Waals surface area contributed by atoms with Crippen LogP contribution in [0.2, 0.25) is 0 Å². The first-order valence-electron chi connectivity index (χ1n) is 6.10. The summed E-state index contributed by atoms with van der Waals surface area (Å²) in [7, 11) is 0. The Morgan fingerprint density at radius 1 is 1.47 bits per heavy atom. The number of hydrogen-bond donors (Lipinski definition) is 3. The highest BCUT2D eigenvalue weighted by atomic mass is 16.3. The van der Waals surface area contributed by atoms with Gasteiger partial charge in [0.15, 0.2) is 0 Å². The maximum Gasteiger partial charge on any atom is 0.139 e. The Morgan fingerprint density at radius 3 is 3.00 bits per heavy atom. The molecule has 5 nitrogen and oxygen atoms in total. The number of aliphatic hydroxyl groups excluding tert-OH is 1. The van der Waals surface area contributed by atoms with Gasteiger partial charge in [-0.05, 0) is 31.0 Å². The number of hydrogen-bond acceptors (Lipinski definition) is 5. The number of aromatic nitrogens is 1. The lowest BCUT2D eigenvalue weighted by Crippen LogP contribution is -2.41. The Kier molecular flexibility index (Phi) is 4.30. The number of pyridine rings is 1. The number of piperidine rings is 1. The summed E-state index contributed by atoms with van der Waals surface area (Å²) in [5.41, 5.74) is 3.67. The largest absolute Gasteiger partial charge is 0.395 e. The van der Waals surface area contributed by atoms with Crippen LogP contribution in [0.15, 0.2) is 18.3 Å². The van der Waals surface area contributed by atoms with Crippen LogP contribution in [-0.4, -0.2) is 34.2 Å². The van der Waals surface area contributed by atoms with Gasteiger partial charge in [0.1, 0.15) is 5.82 Å². The highest BCUT2D eigenvalue weighted by Gasteiger charge is 2.21. The Bertz CT molecular complexity index is 341. The normalized spacial score (nSPS) is 21.4. The van der Waals surface area contributed by atoms with Crippen molar-refractivity contribution in [3.63, 3.8) is 0 Å². The lowest BCUT2D eigenvalue weighted by molar-refractivity contribution is 0.0840. The molecule has 0 aliphatic carbocycles. The molecule has 0 radical (unpaired) electrons. The number of likely N-dealkylation sites (tertiary alicyclic amines) is 1. The fourth-order valence-corrected chi connectivity index (χ4v) is 2.31. The summed E-state index contributed by atoms with van der Waals surface area (Å²) < 4.78 is 0. The lowest BCUT2D eigenvalue weighted by atomic mass is 10.0.